The van der Waals surface area contributed by atoms with Crippen LogP contribution in [0.2, 0.25) is 0 Å². The number of hydrogen-bond donors (Lipinski definition) is 1. The van der Waals surface area contributed by atoms with Gasteiger partial charge in [0.2, 0.25) is 5.91 Å². The number of ether oxygens (including phenoxy) is 2. The Labute approximate surface area is 123 Å². The van der Waals surface area contributed by atoms with Crippen LogP contribution in [0.25, 0.3) is 0 Å². The second-order valence-corrected chi connectivity index (χ2v) is 6.27. The molecule has 0 radical (unpaired) electrons. The molecule has 21 heavy (non-hydrogen) atoms. The van der Waals surface area contributed by atoms with Crippen LogP contribution in [0.15, 0.2) is 29.2 Å². The summed E-state index contributed by atoms with van der Waals surface area (Å²) in [6.07, 6.45) is 0. The maximum atomic E-state index is 12.3. The summed E-state index contributed by atoms with van der Waals surface area (Å²) in [5, 5.41) is 2.26. The predicted molar refractivity (Wildman–Crippen MR) is 74.7 cm³/mol. The van der Waals surface area contributed by atoms with Crippen LogP contribution in [0.3, 0.4) is 0 Å². The van der Waals surface area contributed by atoms with Gasteiger partial charge in [-0.1, -0.05) is 6.07 Å². The molecule has 7 nitrogen and oxygen atoms in total. The number of sulfone groups is 1. The van der Waals surface area contributed by atoms with Crippen molar-refractivity contribution in [2.45, 2.75) is 17.9 Å². The summed E-state index contributed by atoms with van der Waals surface area (Å²) in [6.45, 7) is 1.19. The van der Waals surface area contributed by atoms with Gasteiger partial charge in [0.05, 0.1) is 24.9 Å². The SMILES string of the molecule is COC(=O)C(CS(=O)(=O)c1cccc(OC)c1)NC(C)=O. The second kappa shape index (κ2) is 7.07. The first-order valence-electron chi connectivity index (χ1n) is 6.02. The van der Waals surface area contributed by atoms with Crippen LogP contribution in [-0.4, -0.2) is 46.3 Å². The van der Waals surface area contributed by atoms with Gasteiger partial charge in [0.1, 0.15) is 11.8 Å². The fraction of sp³-hybridized carbons (Fsp3) is 0.385. The average Bonchev–Trinajstić information content (AvgIpc) is 2.45. The van der Waals surface area contributed by atoms with Crippen molar-refractivity contribution < 1.29 is 27.5 Å². The minimum Gasteiger partial charge on any atom is -0.497 e. The van der Waals surface area contributed by atoms with Crippen molar-refractivity contribution in [2.75, 3.05) is 20.0 Å². The van der Waals surface area contributed by atoms with E-state index < -0.39 is 33.5 Å². The molecular formula is C13H17NO6S. The van der Waals surface area contributed by atoms with Crippen molar-refractivity contribution in [1.29, 1.82) is 0 Å². The Hall–Kier alpha value is -2.09. The standard InChI is InChI=1S/C13H17NO6S/c1-9(15)14-12(13(16)20-3)8-21(17,18)11-6-4-5-10(7-11)19-2/h4-7,12H,8H2,1-3H3,(H,14,15). The van der Waals surface area contributed by atoms with Gasteiger partial charge >= 0.3 is 5.97 Å². The van der Waals surface area contributed by atoms with Gasteiger partial charge in [0.15, 0.2) is 9.84 Å². The van der Waals surface area contributed by atoms with Crippen LogP contribution in [-0.2, 0) is 24.2 Å². The molecule has 1 aromatic rings. The Balaban J connectivity index is 3.04. The van der Waals surface area contributed by atoms with Crippen LogP contribution in [0.5, 0.6) is 5.75 Å². The van der Waals surface area contributed by atoms with Crippen molar-refractivity contribution in [3.63, 3.8) is 0 Å². The third-order valence-corrected chi connectivity index (χ3v) is 4.39. The van der Waals surface area contributed by atoms with Gasteiger partial charge in [-0.15, -0.1) is 0 Å². The second-order valence-electron chi connectivity index (χ2n) is 4.24. The van der Waals surface area contributed by atoms with Crippen LogP contribution in [0, 0.1) is 0 Å². The fourth-order valence-electron chi connectivity index (χ4n) is 1.67. The molecule has 0 bridgehead atoms. The van der Waals surface area contributed by atoms with Gasteiger partial charge in [-0.25, -0.2) is 13.2 Å². The summed E-state index contributed by atoms with van der Waals surface area (Å²) in [5.74, 6) is -1.56. The van der Waals surface area contributed by atoms with Crippen molar-refractivity contribution in [2.24, 2.45) is 0 Å². The average molecular weight is 315 g/mol. The molecule has 1 rings (SSSR count). The number of methoxy groups -OCH3 is 2. The van der Waals surface area contributed by atoms with Crippen LogP contribution < -0.4 is 10.1 Å². The van der Waals surface area contributed by atoms with Gasteiger partial charge in [0, 0.05) is 6.92 Å². The topological polar surface area (TPSA) is 98.8 Å². The van der Waals surface area contributed by atoms with E-state index in [-0.39, 0.29) is 4.90 Å². The molecule has 1 aromatic carbocycles. The third-order valence-electron chi connectivity index (χ3n) is 2.65. The summed E-state index contributed by atoms with van der Waals surface area (Å²) in [4.78, 5) is 22.6. The molecule has 0 aliphatic rings. The molecule has 0 aliphatic heterocycles. The highest BCUT2D eigenvalue weighted by atomic mass is 32.2. The number of amides is 1. The highest BCUT2D eigenvalue weighted by molar-refractivity contribution is 7.91. The molecule has 1 unspecified atom stereocenters. The van der Waals surface area contributed by atoms with Crippen LogP contribution in [0.4, 0.5) is 0 Å². The van der Waals surface area contributed by atoms with Crippen molar-refractivity contribution in [3.8, 4) is 5.75 Å². The highest BCUT2D eigenvalue weighted by Gasteiger charge is 2.28. The lowest BCUT2D eigenvalue weighted by atomic mass is 10.3. The first-order chi connectivity index (χ1) is 9.80. The van der Waals surface area contributed by atoms with E-state index >= 15 is 0 Å². The molecule has 1 amide bonds. The van der Waals surface area contributed by atoms with E-state index in [0.29, 0.717) is 5.75 Å². The number of carbonyl (C=O) groups is 2. The zero-order valence-electron chi connectivity index (χ0n) is 12.0. The number of nitrogens with one attached hydrogen (secondary N) is 1. The molecule has 8 heteroatoms. The number of benzene rings is 1. The minimum absolute atomic E-state index is 0.00102. The zero-order chi connectivity index (χ0) is 16.0. The molecule has 0 aliphatic carbocycles. The Morgan fingerprint density at radius 3 is 2.48 bits per heavy atom. The Kier molecular flexibility index (Phi) is 5.71. The first kappa shape index (κ1) is 17.0. The lowest BCUT2D eigenvalue weighted by molar-refractivity contribution is -0.144. The molecule has 1 N–H and O–H groups in total. The predicted octanol–water partition coefficient (Wildman–Crippen LogP) is 0.147. The summed E-state index contributed by atoms with van der Waals surface area (Å²) >= 11 is 0. The van der Waals surface area contributed by atoms with Crippen LogP contribution >= 0.6 is 0 Å². The Bertz CT molecular complexity index is 625. The lowest BCUT2D eigenvalue weighted by Crippen LogP contribution is -2.45. The normalized spacial score (nSPS) is 12.3. The van der Waals surface area contributed by atoms with E-state index in [9.17, 15) is 18.0 Å². The molecule has 116 valence electrons. The van der Waals surface area contributed by atoms with E-state index in [1.54, 1.807) is 6.07 Å². The van der Waals surface area contributed by atoms with Crippen LogP contribution in [0.1, 0.15) is 6.92 Å². The molecule has 0 spiro atoms. The smallest absolute Gasteiger partial charge is 0.329 e. The van der Waals surface area contributed by atoms with E-state index in [1.807, 2.05) is 0 Å². The van der Waals surface area contributed by atoms with E-state index in [2.05, 4.69) is 10.1 Å². The highest BCUT2D eigenvalue weighted by Crippen LogP contribution is 2.19. The minimum atomic E-state index is -3.79. The molecule has 0 aromatic heterocycles. The monoisotopic (exact) mass is 315 g/mol. The largest absolute Gasteiger partial charge is 0.497 e. The quantitative estimate of drug-likeness (QED) is 0.750. The third kappa shape index (κ3) is 4.75. The van der Waals surface area contributed by atoms with Gasteiger partial charge < -0.3 is 14.8 Å². The van der Waals surface area contributed by atoms with Crippen molar-refractivity contribution >= 4 is 21.7 Å². The van der Waals surface area contributed by atoms with E-state index in [0.717, 1.165) is 7.11 Å². The Morgan fingerprint density at radius 2 is 1.95 bits per heavy atom. The molecule has 0 saturated heterocycles. The first-order valence-corrected chi connectivity index (χ1v) is 7.67. The zero-order valence-corrected chi connectivity index (χ0v) is 12.8. The molecule has 0 saturated carbocycles. The maximum Gasteiger partial charge on any atom is 0.329 e. The summed E-state index contributed by atoms with van der Waals surface area (Å²) in [5.41, 5.74) is 0. The maximum absolute atomic E-state index is 12.3. The lowest BCUT2D eigenvalue weighted by Gasteiger charge is -2.15. The van der Waals surface area contributed by atoms with E-state index in [4.69, 9.17) is 4.74 Å². The van der Waals surface area contributed by atoms with Gasteiger partial charge in [-0.2, -0.15) is 0 Å². The van der Waals surface area contributed by atoms with E-state index in [1.165, 1.54) is 32.2 Å². The summed E-state index contributed by atoms with van der Waals surface area (Å²) < 4.78 is 34.1. The van der Waals surface area contributed by atoms with Gasteiger partial charge in [-0.3, -0.25) is 4.79 Å². The van der Waals surface area contributed by atoms with Crippen molar-refractivity contribution in [1.82, 2.24) is 5.32 Å². The van der Waals surface area contributed by atoms with Gasteiger partial charge in [0.25, 0.3) is 0 Å². The molecule has 1 atom stereocenters. The van der Waals surface area contributed by atoms with Gasteiger partial charge in [-0.05, 0) is 18.2 Å². The summed E-state index contributed by atoms with van der Waals surface area (Å²) in [7, 11) is -1.25. The number of rotatable bonds is 6. The number of esters is 1. The number of carbonyl (C=O) groups excluding carboxylic acids is 2. The molecule has 0 heterocycles. The van der Waals surface area contributed by atoms with Crippen molar-refractivity contribution in [3.05, 3.63) is 24.3 Å². The molecule has 0 fully saturated rings. The Morgan fingerprint density at radius 1 is 1.29 bits per heavy atom. The molecular weight excluding hydrogens is 298 g/mol. The number of hydrogen-bond acceptors (Lipinski definition) is 6. The fourth-order valence-corrected chi connectivity index (χ4v) is 3.10. The summed E-state index contributed by atoms with van der Waals surface area (Å²) in [6, 6.07) is 4.60.